The first-order valence-electron chi connectivity index (χ1n) is 7.75. The van der Waals surface area contributed by atoms with Crippen LogP contribution in [0.2, 0.25) is 10.0 Å². The molecule has 0 saturated heterocycles. The number of halogens is 3. The smallest absolute Gasteiger partial charge is 0.123 e. The van der Waals surface area contributed by atoms with Gasteiger partial charge in [0.1, 0.15) is 18.2 Å². The number of rotatable bonds is 6. The van der Waals surface area contributed by atoms with Crippen molar-refractivity contribution in [1.29, 1.82) is 0 Å². The van der Waals surface area contributed by atoms with Gasteiger partial charge in [-0.25, -0.2) is 4.39 Å². The first kappa shape index (κ1) is 17.6. The molecule has 0 aliphatic carbocycles. The molecule has 0 spiro atoms. The summed E-state index contributed by atoms with van der Waals surface area (Å²) in [6, 6.07) is 19.6. The standard InChI is InChI=1S/C20H16Cl2FNO/c21-19-8-7-17(11-20(19)22)24-12-14-3-2-6-18(10-14)25-13-15-4-1-5-16(23)9-15/h1-11,24H,12-13H2. The van der Waals surface area contributed by atoms with Crippen LogP contribution in [0.3, 0.4) is 0 Å². The Balaban J connectivity index is 1.60. The molecular weight excluding hydrogens is 360 g/mol. The van der Waals surface area contributed by atoms with Gasteiger partial charge in [-0.1, -0.05) is 47.5 Å². The van der Waals surface area contributed by atoms with Crippen molar-refractivity contribution in [3.05, 3.63) is 93.7 Å². The number of ether oxygens (including phenoxy) is 1. The van der Waals surface area contributed by atoms with Crippen molar-refractivity contribution < 1.29 is 9.13 Å². The lowest BCUT2D eigenvalue weighted by atomic mass is 10.2. The molecule has 0 aliphatic rings. The number of hydrogen-bond donors (Lipinski definition) is 1. The molecule has 128 valence electrons. The van der Waals surface area contributed by atoms with Crippen molar-refractivity contribution in [1.82, 2.24) is 0 Å². The van der Waals surface area contributed by atoms with E-state index in [4.69, 9.17) is 27.9 Å². The maximum Gasteiger partial charge on any atom is 0.123 e. The summed E-state index contributed by atoms with van der Waals surface area (Å²) < 4.78 is 18.9. The highest BCUT2D eigenvalue weighted by atomic mass is 35.5. The normalized spacial score (nSPS) is 10.5. The minimum Gasteiger partial charge on any atom is -0.489 e. The minimum absolute atomic E-state index is 0.263. The van der Waals surface area contributed by atoms with Crippen molar-refractivity contribution in [3.63, 3.8) is 0 Å². The summed E-state index contributed by atoms with van der Waals surface area (Å²) in [4.78, 5) is 0. The van der Waals surface area contributed by atoms with Crippen LogP contribution in [-0.4, -0.2) is 0 Å². The topological polar surface area (TPSA) is 21.3 Å². The third-order valence-electron chi connectivity index (χ3n) is 3.61. The second kappa shape index (κ2) is 8.24. The molecular formula is C20H16Cl2FNO. The molecule has 0 radical (unpaired) electrons. The molecule has 0 atom stereocenters. The minimum atomic E-state index is -0.263. The van der Waals surface area contributed by atoms with Crippen LogP contribution in [0, 0.1) is 5.82 Å². The van der Waals surface area contributed by atoms with Crippen LogP contribution in [0.1, 0.15) is 11.1 Å². The molecule has 5 heteroatoms. The van der Waals surface area contributed by atoms with Crippen LogP contribution in [0.15, 0.2) is 66.7 Å². The lowest BCUT2D eigenvalue weighted by molar-refractivity contribution is 0.305. The van der Waals surface area contributed by atoms with E-state index >= 15 is 0 Å². The van der Waals surface area contributed by atoms with Crippen molar-refractivity contribution in [2.45, 2.75) is 13.2 Å². The number of nitrogens with one attached hydrogen (secondary N) is 1. The Hall–Kier alpha value is -2.23. The molecule has 1 N–H and O–H groups in total. The monoisotopic (exact) mass is 375 g/mol. The zero-order valence-electron chi connectivity index (χ0n) is 13.3. The maximum absolute atomic E-state index is 13.2. The Morgan fingerprint density at radius 2 is 1.64 bits per heavy atom. The van der Waals surface area contributed by atoms with Crippen LogP contribution in [0.4, 0.5) is 10.1 Å². The van der Waals surface area contributed by atoms with E-state index in [2.05, 4.69) is 5.32 Å². The van der Waals surface area contributed by atoms with Crippen molar-refractivity contribution >= 4 is 28.9 Å². The van der Waals surface area contributed by atoms with E-state index in [1.54, 1.807) is 18.2 Å². The lowest BCUT2D eigenvalue weighted by Gasteiger charge is -2.10. The van der Waals surface area contributed by atoms with Crippen LogP contribution in [-0.2, 0) is 13.2 Å². The first-order chi connectivity index (χ1) is 12.1. The van der Waals surface area contributed by atoms with Crippen LogP contribution in [0.25, 0.3) is 0 Å². The largest absolute Gasteiger partial charge is 0.489 e. The fourth-order valence-corrected chi connectivity index (χ4v) is 2.65. The van der Waals surface area contributed by atoms with Gasteiger partial charge in [-0.2, -0.15) is 0 Å². The van der Waals surface area contributed by atoms with E-state index in [1.165, 1.54) is 12.1 Å². The molecule has 3 aromatic rings. The first-order valence-corrected chi connectivity index (χ1v) is 8.51. The van der Waals surface area contributed by atoms with Crippen molar-refractivity contribution in [3.8, 4) is 5.75 Å². The Bertz CT molecular complexity index is 870. The van der Waals surface area contributed by atoms with E-state index in [-0.39, 0.29) is 5.82 Å². The molecule has 3 aromatic carbocycles. The van der Waals surface area contributed by atoms with Crippen LogP contribution >= 0.6 is 23.2 Å². The molecule has 0 saturated carbocycles. The second-order valence-corrected chi connectivity index (χ2v) is 6.36. The summed E-state index contributed by atoms with van der Waals surface area (Å²) >= 11 is 11.9. The van der Waals surface area contributed by atoms with Crippen LogP contribution < -0.4 is 10.1 Å². The molecule has 0 amide bonds. The summed E-state index contributed by atoms with van der Waals surface area (Å²) in [5.41, 5.74) is 2.74. The quantitative estimate of drug-likeness (QED) is 0.543. The van der Waals surface area contributed by atoms with E-state index < -0.39 is 0 Å². The average Bonchev–Trinajstić information content (AvgIpc) is 2.61. The molecule has 0 heterocycles. The predicted molar refractivity (Wildman–Crippen MR) is 101 cm³/mol. The van der Waals surface area contributed by atoms with Gasteiger partial charge in [0.05, 0.1) is 10.0 Å². The maximum atomic E-state index is 13.2. The van der Waals surface area contributed by atoms with Crippen molar-refractivity contribution in [2.75, 3.05) is 5.32 Å². The third-order valence-corrected chi connectivity index (χ3v) is 4.35. The summed E-state index contributed by atoms with van der Waals surface area (Å²) in [6.07, 6.45) is 0. The number of benzene rings is 3. The summed E-state index contributed by atoms with van der Waals surface area (Å²) in [5.74, 6) is 0.471. The molecule has 3 rings (SSSR count). The fourth-order valence-electron chi connectivity index (χ4n) is 2.35. The molecule has 0 aromatic heterocycles. The summed E-state index contributed by atoms with van der Waals surface area (Å²) in [6.45, 7) is 0.941. The molecule has 0 bridgehead atoms. The highest BCUT2D eigenvalue weighted by Crippen LogP contribution is 2.25. The van der Waals surface area contributed by atoms with Gasteiger partial charge in [-0.3, -0.25) is 0 Å². The van der Waals surface area contributed by atoms with Gasteiger partial charge in [0, 0.05) is 12.2 Å². The van der Waals surface area contributed by atoms with Gasteiger partial charge < -0.3 is 10.1 Å². The lowest BCUT2D eigenvalue weighted by Crippen LogP contribution is -2.01. The van der Waals surface area contributed by atoms with E-state index in [0.29, 0.717) is 23.2 Å². The molecule has 25 heavy (non-hydrogen) atoms. The molecule has 0 fully saturated rings. The second-order valence-electron chi connectivity index (χ2n) is 5.55. The zero-order valence-corrected chi connectivity index (χ0v) is 14.8. The Morgan fingerprint density at radius 1 is 0.840 bits per heavy atom. The van der Waals surface area contributed by atoms with Gasteiger partial charge in [-0.05, 0) is 53.6 Å². The Labute approximate surface area is 156 Å². The third kappa shape index (κ3) is 5.12. The molecule has 0 aliphatic heterocycles. The Kier molecular flexibility index (Phi) is 5.79. The van der Waals surface area contributed by atoms with Gasteiger partial charge >= 0.3 is 0 Å². The van der Waals surface area contributed by atoms with Gasteiger partial charge in [0.15, 0.2) is 0 Å². The Morgan fingerprint density at radius 3 is 2.44 bits per heavy atom. The zero-order chi connectivity index (χ0) is 17.6. The molecule has 2 nitrogen and oxygen atoms in total. The highest BCUT2D eigenvalue weighted by molar-refractivity contribution is 6.42. The van der Waals surface area contributed by atoms with Crippen LogP contribution in [0.5, 0.6) is 5.75 Å². The average molecular weight is 376 g/mol. The van der Waals surface area contributed by atoms with E-state index in [1.807, 2.05) is 36.4 Å². The van der Waals surface area contributed by atoms with Gasteiger partial charge in [0.25, 0.3) is 0 Å². The summed E-state index contributed by atoms with van der Waals surface area (Å²) in [7, 11) is 0. The van der Waals surface area contributed by atoms with Crippen molar-refractivity contribution in [2.24, 2.45) is 0 Å². The van der Waals surface area contributed by atoms with Gasteiger partial charge in [-0.15, -0.1) is 0 Å². The van der Waals surface area contributed by atoms with Gasteiger partial charge in [0.2, 0.25) is 0 Å². The SMILES string of the molecule is Fc1cccc(COc2cccc(CNc3ccc(Cl)c(Cl)c3)c2)c1. The number of hydrogen-bond acceptors (Lipinski definition) is 2. The number of anilines is 1. The van der Waals surface area contributed by atoms with E-state index in [9.17, 15) is 4.39 Å². The fraction of sp³-hybridized carbons (Fsp3) is 0.100. The highest BCUT2D eigenvalue weighted by Gasteiger charge is 2.02. The summed E-state index contributed by atoms with van der Waals surface area (Å²) in [5, 5.41) is 4.33. The molecule has 0 unspecified atom stereocenters. The predicted octanol–water partition coefficient (Wildman–Crippen LogP) is 6.32. The van der Waals surface area contributed by atoms with E-state index in [0.717, 1.165) is 22.6 Å².